The predicted molar refractivity (Wildman–Crippen MR) is 297 cm³/mol. The van der Waals surface area contributed by atoms with Crippen molar-refractivity contribution in [3.63, 3.8) is 0 Å². The maximum Gasteiger partial charge on any atom is 0.328 e. The van der Waals surface area contributed by atoms with Crippen molar-refractivity contribution in [2.45, 2.75) is 146 Å². The molecule has 0 saturated carbocycles. The van der Waals surface area contributed by atoms with E-state index in [1.54, 1.807) is 94.7 Å². The molecule has 0 aliphatic carbocycles. The molecule has 27 nitrogen and oxygen atoms in total. The first-order valence-electron chi connectivity index (χ1n) is 26.1. The Kier molecular flexibility index (Phi) is 27.2. The van der Waals surface area contributed by atoms with Crippen LogP contribution in [0, 0.1) is 11.8 Å². The number of aliphatic hydroxyl groups excluding tert-OH is 1. The summed E-state index contributed by atoms with van der Waals surface area (Å²) in [6.45, 7) is 7.75. The molecular formula is C53H76N12O15S. The van der Waals surface area contributed by atoms with Crippen LogP contribution in [0.25, 0.3) is 10.9 Å². The number of primary amides is 2. The van der Waals surface area contributed by atoms with Gasteiger partial charge in [0.15, 0.2) is 6.04 Å². The first-order chi connectivity index (χ1) is 38.1. The van der Waals surface area contributed by atoms with Crippen molar-refractivity contribution in [3.05, 3.63) is 71.9 Å². The zero-order valence-corrected chi connectivity index (χ0v) is 46.8. The fourth-order valence-corrected chi connectivity index (χ4v) is 8.78. The minimum Gasteiger partial charge on any atom is -0.481 e. The largest absolute Gasteiger partial charge is 0.481 e. The lowest BCUT2D eigenvalue weighted by Crippen LogP contribution is -2.61. The molecule has 81 heavy (non-hydrogen) atoms. The second-order valence-corrected chi connectivity index (χ2v) is 21.2. The van der Waals surface area contributed by atoms with Crippen molar-refractivity contribution in [1.29, 1.82) is 0 Å². The third kappa shape index (κ3) is 22.5. The molecule has 0 saturated heterocycles. The van der Waals surface area contributed by atoms with Gasteiger partial charge in [0, 0.05) is 36.4 Å². The van der Waals surface area contributed by atoms with Crippen LogP contribution in [-0.2, 0) is 70.4 Å². The number of H-pyrrole nitrogens is 1. The smallest absolute Gasteiger partial charge is 0.328 e. The van der Waals surface area contributed by atoms with Crippen LogP contribution in [0.1, 0.15) is 84.3 Å². The number of aromatic nitrogens is 1. The molecule has 0 spiro atoms. The number of rotatable bonds is 35. The molecule has 18 N–H and O–H groups in total. The third-order valence-corrected chi connectivity index (χ3v) is 13.3. The van der Waals surface area contributed by atoms with E-state index in [1.807, 2.05) is 0 Å². The van der Waals surface area contributed by atoms with Crippen LogP contribution in [-0.4, -0.2) is 164 Å². The number of para-hydroxylation sites is 1. The lowest BCUT2D eigenvalue weighted by atomic mass is 9.99. The van der Waals surface area contributed by atoms with Crippen molar-refractivity contribution in [2.24, 2.45) is 29.0 Å². The van der Waals surface area contributed by atoms with E-state index in [0.29, 0.717) is 22.0 Å². The average molecular weight is 1150 g/mol. The zero-order chi connectivity index (χ0) is 60.7. The maximum absolute atomic E-state index is 14.7. The van der Waals surface area contributed by atoms with Gasteiger partial charge in [-0.1, -0.05) is 76.2 Å². The van der Waals surface area contributed by atoms with Crippen molar-refractivity contribution in [2.75, 3.05) is 12.0 Å². The van der Waals surface area contributed by atoms with E-state index in [9.17, 15) is 72.9 Å². The molecule has 3 aromatic rings. The highest BCUT2D eigenvalue weighted by Gasteiger charge is 2.37. The predicted octanol–water partition coefficient (Wildman–Crippen LogP) is -2.31. The number of carboxylic acids is 2. The third-order valence-electron chi connectivity index (χ3n) is 12.6. The lowest BCUT2D eigenvalue weighted by Gasteiger charge is -2.29. The minimum absolute atomic E-state index is 0.0323. The normalized spacial score (nSPS) is 14.9. The summed E-state index contributed by atoms with van der Waals surface area (Å²) >= 11 is 1.29. The summed E-state index contributed by atoms with van der Waals surface area (Å²) in [4.78, 5) is 162. The molecule has 0 aliphatic rings. The molecule has 10 atom stereocenters. The number of thioether (sulfide) groups is 1. The van der Waals surface area contributed by atoms with Crippen LogP contribution in [0.2, 0.25) is 0 Å². The Morgan fingerprint density at radius 2 is 1.05 bits per heavy atom. The molecule has 1 aromatic heterocycles. The number of fused-ring (bicyclic) bond motifs is 1. The Labute approximate surface area is 471 Å². The van der Waals surface area contributed by atoms with Gasteiger partial charge in [-0.15, -0.1) is 0 Å². The van der Waals surface area contributed by atoms with Crippen LogP contribution < -0.4 is 59.7 Å². The number of aliphatic carboxylic acids is 2. The first-order valence-corrected chi connectivity index (χ1v) is 27.5. The summed E-state index contributed by atoms with van der Waals surface area (Å²) in [5.41, 5.74) is 18.5. The van der Waals surface area contributed by atoms with Crippen LogP contribution in [0.4, 0.5) is 0 Å². The fraction of sp³-hybridized carbons (Fsp3) is 0.509. The van der Waals surface area contributed by atoms with Crippen LogP contribution in [0.15, 0.2) is 60.8 Å². The number of amides is 10. The van der Waals surface area contributed by atoms with Crippen LogP contribution >= 0.6 is 11.8 Å². The van der Waals surface area contributed by atoms with Gasteiger partial charge >= 0.3 is 11.9 Å². The van der Waals surface area contributed by atoms with Crippen molar-refractivity contribution >= 4 is 93.7 Å². The van der Waals surface area contributed by atoms with Gasteiger partial charge in [0.25, 0.3) is 0 Å². The number of carboxylic acid groups (broad SMARTS) is 2. The SMILES string of the molecule is CSCCC(NC(=O)C(CC(C)C)NC(=O)C(Cc1c[nH]c2ccccc12)NC(=O)C(CCC(N)=O)NC(=O)C(NC(=O)C(Cc1ccccc1)NC(=O)C(N)CC(=O)O)C(C)C)C(=O)NC(CC(N)=O)C(=O)NC(C(=O)O)C(C)O. The van der Waals surface area contributed by atoms with Crippen LogP contribution in [0.5, 0.6) is 0 Å². The highest BCUT2D eigenvalue weighted by atomic mass is 32.2. The zero-order valence-electron chi connectivity index (χ0n) is 45.9. The Morgan fingerprint density at radius 1 is 0.556 bits per heavy atom. The molecule has 10 unspecified atom stereocenters. The summed E-state index contributed by atoms with van der Waals surface area (Å²) < 4.78 is 0. The number of nitrogens with one attached hydrogen (secondary N) is 9. The number of carbonyl (C=O) groups is 12. The Hall–Kier alpha value is -8.11. The van der Waals surface area contributed by atoms with Crippen molar-refractivity contribution in [3.8, 4) is 0 Å². The standard InChI is InChI=1S/C53H76N12O15S/c1-26(2)20-36(48(74)58-35(18-19-81-6)47(73)63-39(24-41(56)68)51(77)65-44(28(5)66)53(79)80)61-49(75)38(22-30-25-57-33-15-11-10-14-31(30)33)62-46(72)34(16-17-40(55)67)59-52(78)43(27(3)4)64-50(76)37(21-29-12-8-7-9-13-29)60-45(71)32(54)23-42(69)70/h7-15,25-28,32,34-39,43-44,57,66H,16-24,54H2,1-6H3,(H2,55,67)(H2,56,68)(H,58,74)(H,59,78)(H,60,71)(H,61,75)(H,62,72)(H,63,73)(H,64,76)(H,65,77)(H,69,70)(H,79,80). The molecule has 444 valence electrons. The second kappa shape index (κ2) is 32.8. The van der Waals surface area contributed by atoms with Crippen molar-refractivity contribution < 1.29 is 72.9 Å². The molecule has 0 aliphatic heterocycles. The van der Waals surface area contributed by atoms with Gasteiger partial charge in [-0.3, -0.25) is 52.7 Å². The molecule has 1 heterocycles. The lowest BCUT2D eigenvalue weighted by molar-refractivity contribution is -0.145. The fourth-order valence-electron chi connectivity index (χ4n) is 8.30. The van der Waals surface area contributed by atoms with E-state index in [4.69, 9.17) is 17.2 Å². The quantitative estimate of drug-likeness (QED) is 0.0294. The van der Waals surface area contributed by atoms with E-state index in [1.165, 1.54) is 11.8 Å². The van der Waals surface area contributed by atoms with E-state index in [2.05, 4.69) is 47.5 Å². The number of hydrogen-bond donors (Lipinski definition) is 15. The molecule has 10 amide bonds. The minimum atomic E-state index is -1.83. The highest BCUT2D eigenvalue weighted by molar-refractivity contribution is 7.98. The number of nitrogens with two attached hydrogens (primary N) is 3. The molecule has 0 fully saturated rings. The molecule has 0 radical (unpaired) electrons. The van der Waals surface area contributed by atoms with Gasteiger partial charge in [0.05, 0.1) is 25.0 Å². The number of aromatic amines is 1. The first kappa shape index (κ1) is 67.2. The number of aliphatic hydroxyl groups is 1. The molecule has 0 bridgehead atoms. The molecule has 3 rings (SSSR count). The Balaban J connectivity index is 2.00. The van der Waals surface area contributed by atoms with Gasteiger partial charge in [0.2, 0.25) is 59.1 Å². The number of hydrogen-bond acceptors (Lipinski definition) is 15. The van der Waals surface area contributed by atoms with E-state index >= 15 is 0 Å². The topological polar surface area (TPSA) is 456 Å². The number of benzene rings is 2. The number of carbonyl (C=O) groups excluding carboxylic acids is 10. The summed E-state index contributed by atoms with van der Waals surface area (Å²) in [6, 6.07) is 1.69. The maximum atomic E-state index is 14.7. The second-order valence-electron chi connectivity index (χ2n) is 20.2. The molecular weight excluding hydrogens is 1080 g/mol. The van der Waals surface area contributed by atoms with Gasteiger partial charge in [-0.25, -0.2) is 4.79 Å². The Bertz CT molecular complexity index is 2710. The summed E-state index contributed by atoms with van der Waals surface area (Å²) in [7, 11) is 0. The highest BCUT2D eigenvalue weighted by Crippen LogP contribution is 2.20. The summed E-state index contributed by atoms with van der Waals surface area (Å²) in [6.07, 6.45) is -1.05. The summed E-state index contributed by atoms with van der Waals surface area (Å²) in [5, 5.41) is 49.3. The van der Waals surface area contributed by atoms with Gasteiger partial charge in [-0.2, -0.15) is 11.8 Å². The molecule has 28 heteroatoms. The Morgan fingerprint density at radius 3 is 1.62 bits per heavy atom. The van der Waals surface area contributed by atoms with Crippen LogP contribution in [0.3, 0.4) is 0 Å². The van der Waals surface area contributed by atoms with Gasteiger partial charge in [0.1, 0.15) is 42.3 Å². The van der Waals surface area contributed by atoms with E-state index in [-0.39, 0.29) is 37.4 Å². The average Bonchev–Trinajstić information content (AvgIpc) is 3.89. The molecule has 2 aromatic carbocycles. The van der Waals surface area contributed by atoms with Crippen molar-refractivity contribution in [1.82, 2.24) is 47.5 Å². The van der Waals surface area contributed by atoms with Gasteiger partial charge in [-0.05, 0) is 67.2 Å². The van der Waals surface area contributed by atoms with E-state index in [0.717, 1.165) is 6.92 Å². The summed E-state index contributed by atoms with van der Waals surface area (Å²) in [5.74, 6) is -13.3. The van der Waals surface area contributed by atoms with E-state index < -0.39 is 163 Å². The monoisotopic (exact) mass is 1150 g/mol. The van der Waals surface area contributed by atoms with Gasteiger partial charge < -0.3 is 80.0 Å².